The van der Waals surface area contributed by atoms with Gasteiger partial charge >= 0.3 is 0 Å². The SMILES string of the molecule is CC(C)OC(O[SiH3])(OC(C)C)C1CCC(c2c(F)c(F)c(F)c(F)c2F)CC1. The fourth-order valence-corrected chi connectivity index (χ4v) is 4.38. The van der Waals surface area contributed by atoms with Crippen molar-refractivity contribution in [3.63, 3.8) is 0 Å². The summed E-state index contributed by atoms with van der Waals surface area (Å²) in [6.07, 6.45) is 0.927. The smallest absolute Gasteiger partial charge is 0.276 e. The van der Waals surface area contributed by atoms with E-state index in [2.05, 4.69) is 0 Å². The Morgan fingerprint density at radius 1 is 0.750 bits per heavy atom. The van der Waals surface area contributed by atoms with Crippen LogP contribution in [-0.4, -0.2) is 28.7 Å². The minimum Gasteiger partial charge on any atom is -0.380 e. The quantitative estimate of drug-likeness (QED) is 0.212. The zero-order valence-corrected chi connectivity index (χ0v) is 18.8. The first kappa shape index (κ1) is 23.2. The first-order valence-corrected chi connectivity index (χ1v) is 10.3. The Balaban J connectivity index is 2.26. The van der Waals surface area contributed by atoms with Crippen molar-refractivity contribution < 1.29 is 35.9 Å². The second-order valence-corrected chi connectivity index (χ2v) is 8.08. The topological polar surface area (TPSA) is 27.7 Å². The van der Waals surface area contributed by atoms with Gasteiger partial charge in [-0.2, -0.15) is 0 Å². The fourth-order valence-electron chi connectivity index (χ4n) is 3.86. The van der Waals surface area contributed by atoms with Crippen molar-refractivity contribution in [2.75, 3.05) is 0 Å². The van der Waals surface area contributed by atoms with E-state index >= 15 is 0 Å². The first-order chi connectivity index (χ1) is 13.0. The van der Waals surface area contributed by atoms with E-state index < -0.39 is 46.5 Å². The Hall–Kier alpha value is -1.03. The minimum absolute atomic E-state index is 0.180. The zero-order chi connectivity index (χ0) is 21.2. The van der Waals surface area contributed by atoms with E-state index in [9.17, 15) is 22.0 Å². The molecule has 0 bridgehead atoms. The molecular formula is C19H27F5O3Si. The molecule has 9 heteroatoms. The Kier molecular flexibility index (Phi) is 7.63. The lowest BCUT2D eigenvalue weighted by Crippen LogP contribution is -2.50. The Bertz CT molecular complexity index is 652. The monoisotopic (exact) mass is 426 g/mol. The van der Waals surface area contributed by atoms with E-state index in [-0.39, 0.29) is 31.0 Å². The molecule has 1 aromatic rings. The van der Waals surface area contributed by atoms with Crippen LogP contribution in [0.3, 0.4) is 0 Å². The molecule has 2 rings (SSSR count). The van der Waals surface area contributed by atoms with Gasteiger partial charge in [0.2, 0.25) is 5.82 Å². The molecule has 28 heavy (non-hydrogen) atoms. The van der Waals surface area contributed by atoms with Gasteiger partial charge in [-0.05, 0) is 59.3 Å². The molecule has 0 heterocycles. The zero-order valence-electron chi connectivity index (χ0n) is 16.8. The summed E-state index contributed by atoms with van der Waals surface area (Å²) < 4.78 is 86.3. The van der Waals surface area contributed by atoms with Crippen LogP contribution >= 0.6 is 0 Å². The second kappa shape index (κ2) is 9.19. The Labute approximate surface area is 165 Å². The number of benzene rings is 1. The molecule has 0 N–H and O–H groups in total. The molecule has 0 atom stereocenters. The van der Waals surface area contributed by atoms with Crippen LogP contribution in [0.15, 0.2) is 0 Å². The second-order valence-electron chi connectivity index (χ2n) is 7.67. The average Bonchev–Trinajstić information content (AvgIpc) is 2.64. The highest BCUT2D eigenvalue weighted by Gasteiger charge is 2.45. The van der Waals surface area contributed by atoms with Gasteiger partial charge < -0.3 is 13.9 Å². The molecular weight excluding hydrogens is 399 g/mol. The summed E-state index contributed by atoms with van der Waals surface area (Å²) in [6.45, 7) is 7.39. The van der Waals surface area contributed by atoms with Crippen molar-refractivity contribution in [2.24, 2.45) is 5.92 Å². The van der Waals surface area contributed by atoms with Gasteiger partial charge in [0.15, 0.2) is 33.8 Å². The molecule has 1 fully saturated rings. The minimum atomic E-state index is -2.13. The van der Waals surface area contributed by atoms with Crippen LogP contribution in [-0.2, 0) is 13.9 Å². The van der Waals surface area contributed by atoms with Gasteiger partial charge in [0.1, 0.15) is 0 Å². The normalized spacial score (nSPS) is 21.1. The van der Waals surface area contributed by atoms with E-state index in [0.717, 1.165) is 0 Å². The van der Waals surface area contributed by atoms with Crippen LogP contribution in [0.25, 0.3) is 0 Å². The lowest BCUT2D eigenvalue weighted by Gasteiger charge is -2.44. The summed E-state index contributed by atoms with van der Waals surface area (Å²) >= 11 is 0. The molecule has 3 nitrogen and oxygen atoms in total. The molecule has 160 valence electrons. The number of hydrogen-bond acceptors (Lipinski definition) is 3. The highest BCUT2D eigenvalue weighted by molar-refractivity contribution is 5.98. The van der Waals surface area contributed by atoms with E-state index in [0.29, 0.717) is 23.3 Å². The summed E-state index contributed by atoms with van der Waals surface area (Å²) in [7, 11) is 0.344. The molecule has 1 aliphatic carbocycles. The van der Waals surface area contributed by atoms with Gasteiger partial charge in [-0.3, -0.25) is 0 Å². The third-order valence-corrected chi connectivity index (χ3v) is 5.53. The highest BCUT2D eigenvalue weighted by Crippen LogP contribution is 2.45. The van der Waals surface area contributed by atoms with Crippen LogP contribution in [0, 0.1) is 35.0 Å². The standard InChI is InChI=1S/C19H27F5O3Si/c1-9(2)25-19(27-28,26-10(3)4)12-7-5-11(6-8-12)13-14(20)16(22)18(24)17(23)15(13)21/h9-12H,5-8H2,1-4,28H3. The number of ether oxygens (including phenoxy) is 2. The molecule has 0 aromatic heterocycles. The predicted molar refractivity (Wildman–Crippen MR) is 97.1 cm³/mol. The molecule has 1 aliphatic rings. The molecule has 0 aliphatic heterocycles. The van der Waals surface area contributed by atoms with Gasteiger partial charge in [-0.1, -0.05) is 0 Å². The van der Waals surface area contributed by atoms with Crippen LogP contribution in [0.4, 0.5) is 22.0 Å². The number of hydrogen-bond donors (Lipinski definition) is 0. The summed E-state index contributed by atoms with van der Waals surface area (Å²) in [6, 6.07) is 0. The Morgan fingerprint density at radius 2 is 1.14 bits per heavy atom. The van der Waals surface area contributed by atoms with E-state index in [1.54, 1.807) is 0 Å². The maximum absolute atomic E-state index is 14.1. The van der Waals surface area contributed by atoms with Crippen molar-refractivity contribution in [2.45, 2.75) is 77.5 Å². The highest BCUT2D eigenvalue weighted by atomic mass is 28.2. The van der Waals surface area contributed by atoms with Crippen molar-refractivity contribution in [1.29, 1.82) is 0 Å². The van der Waals surface area contributed by atoms with Gasteiger partial charge in [-0.15, -0.1) is 0 Å². The number of rotatable bonds is 7. The first-order valence-electron chi connectivity index (χ1n) is 9.46. The van der Waals surface area contributed by atoms with Gasteiger partial charge in [0, 0.05) is 11.5 Å². The van der Waals surface area contributed by atoms with Gasteiger partial charge in [0.25, 0.3) is 5.97 Å². The summed E-state index contributed by atoms with van der Waals surface area (Å²) in [5.41, 5.74) is -0.734. The lowest BCUT2D eigenvalue weighted by molar-refractivity contribution is -0.394. The van der Waals surface area contributed by atoms with Crippen molar-refractivity contribution >= 4 is 10.5 Å². The molecule has 0 radical (unpaired) electrons. The largest absolute Gasteiger partial charge is 0.380 e. The summed E-state index contributed by atoms with van der Waals surface area (Å²) in [4.78, 5) is 0. The maximum atomic E-state index is 14.1. The maximum Gasteiger partial charge on any atom is 0.276 e. The third kappa shape index (κ3) is 4.58. The number of halogens is 5. The van der Waals surface area contributed by atoms with Crippen molar-refractivity contribution in [1.82, 2.24) is 0 Å². The summed E-state index contributed by atoms with van der Waals surface area (Å²) in [5, 5.41) is 0. The molecule has 0 amide bonds. The van der Waals surface area contributed by atoms with E-state index in [1.165, 1.54) is 0 Å². The molecule has 1 aromatic carbocycles. The van der Waals surface area contributed by atoms with Crippen LogP contribution < -0.4 is 0 Å². The van der Waals surface area contributed by atoms with Crippen LogP contribution in [0.1, 0.15) is 64.9 Å². The van der Waals surface area contributed by atoms with E-state index in [4.69, 9.17) is 13.9 Å². The molecule has 1 saturated carbocycles. The molecule has 0 saturated heterocycles. The predicted octanol–water partition coefficient (Wildman–Crippen LogP) is 4.46. The molecule has 0 spiro atoms. The fraction of sp³-hybridized carbons (Fsp3) is 0.684. The van der Waals surface area contributed by atoms with Gasteiger partial charge in [-0.25, -0.2) is 22.0 Å². The third-order valence-electron chi connectivity index (χ3n) is 4.96. The average molecular weight is 426 g/mol. The van der Waals surface area contributed by atoms with Gasteiger partial charge in [0.05, 0.1) is 12.2 Å². The van der Waals surface area contributed by atoms with Crippen LogP contribution in [0.5, 0.6) is 0 Å². The van der Waals surface area contributed by atoms with Crippen molar-refractivity contribution in [3.05, 3.63) is 34.6 Å². The summed E-state index contributed by atoms with van der Waals surface area (Å²) in [5.74, 6) is -11.7. The molecule has 0 unspecified atom stereocenters. The van der Waals surface area contributed by atoms with E-state index in [1.807, 2.05) is 27.7 Å². The van der Waals surface area contributed by atoms with Crippen LogP contribution in [0.2, 0.25) is 0 Å². The van der Waals surface area contributed by atoms with Crippen molar-refractivity contribution in [3.8, 4) is 0 Å². The Morgan fingerprint density at radius 3 is 1.50 bits per heavy atom. The lowest BCUT2D eigenvalue weighted by atomic mass is 9.77.